The van der Waals surface area contributed by atoms with Gasteiger partial charge in [-0.2, -0.15) is 5.10 Å². The normalized spacial score (nSPS) is 19.3. The summed E-state index contributed by atoms with van der Waals surface area (Å²) in [6.07, 6.45) is 5.46. The van der Waals surface area contributed by atoms with Gasteiger partial charge in [0.2, 0.25) is 0 Å². The van der Waals surface area contributed by atoms with E-state index in [-0.39, 0.29) is 11.6 Å². The van der Waals surface area contributed by atoms with Crippen molar-refractivity contribution in [2.45, 2.75) is 38.1 Å². The third-order valence-corrected chi connectivity index (χ3v) is 4.49. The van der Waals surface area contributed by atoms with Gasteiger partial charge in [-0.1, -0.05) is 13.3 Å². The lowest BCUT2D eigenvalue weighted by Gasteiger charge is -2.42. The summed E-state index contributed by atoms with van der Waals surface area (Å²) in [5, 5.41) is 7.70. The van der Waals surface area contributed by atoms with Gasteiger partial charge in [-0.15, -0.1) is 5.10 Å². The van der Waals surface area contributed by atoms with E-state index in [0.29, 0.717) is 19.0 Å². The summed E-state index contributed by atoms with van der Waals surface area (Å²) < 4.78 is 5.38. The van der Waals surface area contributed by atoms with Gasteiger partial charge in [-0.05, 0) is 25.3 Å². The maximum absolute atomic E-state index is 12.3. The Hall–Kier alpha value is -2.05. The fraction of sp³-hybridized carbons (Fsp3) is 0.667. The zero-order chi connectivity index (χ0) is 15.6. The van der Waals surface area contributed by atoms with Crippen molar-refractivity contribution in [2.75, 3.05) is 36.9 Å². The van der Waals surface area contributed by atoms with Gasteiger partial charge >= 0.3 is 6.09 Å². The molecule has 0 atom stereocenters. The average Bonchev–Trinajstić information content (AvgIpc) is 3.27. The minimum atomic E-state index is -0.175. The van der Waals surface area contributed by atoms with Gasteiger partial charge in [0.05, 0.1) is 24.0 Å². The van der Waals surface area contributed by atoms with Crippen LogP contribution in [-0.2, 0) is 4.74 Å². The number of nitrogen functional groups attached to an aromatic ring is 1. The molecule has 1 saturated carbocycles. The predicted molar refractivity (Wildman–Crippen MR) is 83.6 cm³/mol. The summed E-state index contributed by atoms with van der Waals surface area (Å²) in [4.78, 5) is 16.4. The number of ether oxygens (including phenoxy) is 1. The molecule has 1 aliphatic heterocycles. The summed E-state index contributed by atoms with van der Waals surface area (Å²) >= 11 is 0. The van der Waals surface area contributed by atoms with Crippen molar-refractivity contribution >= 4 is 17.6 Å². The van der Waals surface area contributed by atoms with Crippen LogP contribution < -0.4 is 10.6 Å². The smallest absolute Gasteiger partial charge is 0.410 e. The van der Waals surface area contributed by atoms with E-state index in [2.05, 4.69) is 22.0 Å². The lowest BCUT2D eigenvalue weighted by atomic mass is 10.1. The highest BCUT2D eigenvalue weighted by Crippen LogP contribution is 2.45. The Kier molecular flexibility index (Phi) is 4.04. The molecule has 1 aliphatic carbocycles. The third kappa shape index (κ3) is 2.80. The summed E-state index contributed by atoms with van der Waals surface area (Å²) in [6, 6.07) is 1.88. The molecule has 1 aromatic heterocycles. The van der Waals surface area contributed by atoms with E-state index in [0.717, 1.165) is 44.5 Å². The highest BCUT2D eigenvalue weighted by Gasteiger charge is 2.54. The van der Waals surface area contributed by atoms with Crippen molar-refractivity contribution in [1.29, 1.82) is 0 Å². The first kappa shape index (κ1) is 14.9. The van der Waals surface area contributed by atoms with Crippen LogP contribution in [0.2, 0.25) is 0 Å². The molecule has 2 heterocycles. The summed E-state index contributed by atoms with van der Waals surface area (Å²) in [7, 11) is 0. The molecular weight excluding hydrogens is 282 g/mol. The summed E-state index contributed by atoms with van der Waals surface area (Å²) in [6.45, 7) is 4.77. The zero-order valence-corrected chi connectivity index (χ0v) is 13.0. The lowest BCUT2D eigenvalue weighted by Crippen LogP contribution is -2.57. The Morgan fingerprint density at radius 2 is 2.27 bits per heavy atom. The molecule has 2 aliphatic rings. The number of anilines is 2. The number of nitrogens with two attached hydrogens (primary N) is 1. The van der Waals surface area contributed by atoms with Gasteiger partial charge in [0, 0.05) is 19.6 Å². The maximum atomic E-state index is 12.3. The zero-order valence-electron chi connectivity index (χ0n) is 13.0. The number of rotatable bonds is 4. The highest BCUT2D eigenvalue weighted by atomic mass is 16.6. The number of piperazine rings is 1. The second-order valence-corrected chi connectivity index (χ2v) is 6.07. The van der Waals surface area contributed by atoms with Crippen molar-refractivity contribution in [2.24, 2.45) is 0 Å². The molecule has 1 aromatic rings. The van der Waals surface area contributed by atoms with Crippen LogP contribution in [-0.4, -0.2) is 53.0 Å². The van der Waals surface area contributed by atoms with Crippen molar-refractivity contribution in [3.05, 3.63) is 12.3 Å². The summed E-state index contributed by atoms with van der Waals surface area (Å²) in [5.41, 5.74) is 6.73. The van der Waals surface area contributed by atoms with Crippen LogP contribution in [0.5, 0.6) is 0 Å². The van der Waals surface area contributed by atoms with Crippen molar-refractivity contribution in [1.82, 2.24) is 15.1 Å². The third-order valence-electron chi connectivity index (χ3n) is 4.49. The number of aromatic nitrogens is 2. The van der Waals surface area contributed by atoms with Crippen molar-refractivity contribution in [3.8, 4) is 0 Å². The molecule has 2 N–H and O–H groups in total. The second-order valence-electron chi connectivity index (χ2n) is 6.07. The first-order valence-electron chi connectivity index (χ1n) is 7.93. The number of carbonyl (C=O) groups excluding carboxylic acids is 1. The molecule has 0 aromatic carbocycles. The molecule has 22 heavy (non-hydrogen) atoms. The van der Waals surface area contributed by atoms with E-state index in [9.17, 15) is 4.79 Å². The van der Waals surface area contributed by atoms with Gasteiger partial charge in [0.15, 0.2) is 5.82 Å². The second kappa shape index (κ2) is 5.98. The first-order chi connectivity index (χ1) is 10.7. The molecule has 2 fully saturated rings. The summed E-state index contributed by atoms with van der Waals surface area (Å²) in [5.74, 6) is 0.442. The molecule has 1 saturated heterocycles. The van der Waals surface area contributed by atoms with Crippen LogP contribution in [0.15, 0.2) is 12.3 Å². The molecule has 7 nitrogen and oxygen atoms in total. The van der Waals surface area contributed by atoms with Crippen LogP contribution in [0.1, 0.15) is 32.6 Å². The molecule has 120 valence electrons. The van der Waals surface area contributed by atoms with Crippen molar-refractivity contribution in [3.63, 3.8) is 0 Å². The number of hydrogen-bond acceptors (Lipinski definition) is 6. The van der Waals surface area contributed by atoms with Gasteiger partial charge in [-0.25, -0.2) is 4.79 Å². The number of nitrogens with zero attached hydrogens (tertiary/aromatic N) is 4. The Labute approximate surface area is 130 Å². The Balaban J connectivity index is 1.66. The molecule has 0 radical (unpaired) electrons. The van der Waals surface area contributed by atoms with Crippen LogP contribution in [0.3, 0.4) is 0 Å². The molecule has 7 heteroatoms. The Morgan fingerprint density at radius 1 is 1.45 bits per heavy atom. The van der Waals surface area contributed by atoms with E-state index in [4.69, 9.17) is 10.5 Å². The van der Waals surface area contributed by atoms with E-state index >= 15 is 0 Å². The lowest BCUT2D eigenvalue weighted by molar-refractivity contribution is 0.0745. The fourth-order valence-electron chi connectivity index (χ4n) is 3.03. The largest absolute Gasteiger partial charge is 0.449 e. The van der Waals surface area contributed by atoms with E-state index in [1.165, 1.54) is 0 Å². The number of carbonyl (C=O) groups is 1. The molecular formula is C15H23N5O2. The Bertz CT molecular complexity index is 546. The van der Waals surface area contributed by atoms with E-state index < -0.39 is 0 Å². The molecule has 1 amide bonds. The van der Waals surface area contributed by atoms with E-state index in [1.54, 1.807) is 6.20 Å². The SMILES string of the molecule is CCCCOC(=O)N1CCN(c2ccnnc2N)CC12CC2. The molecule has 3 rings (SSSR count). The first-order valence-corrected chi connectivity index (χ1v) is 7.93. The van der Waals surface area contributed by atoms with Crippen LogP contribution in [0.4, 0.5) is 16.3 Å². The van der Waals surface area contributed by atoms with Crippen molar-refractivity contribution < 1.29 is 9.53 Å². The maximum Gasteiger partial charge on any atom is 0.410 e. The topological polar surface area (TPSA) is 84.6 Å². The van der Waals surface area contributed by atoms with E-state index in [1.807, 2.05) is 11.0 Å². The number of unbranched alkanes of at least 4 members (excludes halogenated alkanes) is 1. The Morgan fingerprint density at radius 3 is 2.95 bits per heavy atom. The van der Waals surface area contributed by atoms with Gasteiger partial charge in [0.25, 0.3) is 0 Å². The molecule has 1 spiro atoms. The monoisotopic (exact) mass is 305 g/mol. The van der Waals surface area contributed by atoms with Crippen LogP contribution in [0.25, 0.3) is 0 Å². The number of amides is 1. The minimum absolute atomic E-state index is 0.0861. The average molecular weight is 305 g/mol. The quantitative estimate of drug-likeness (QED) is 0.851. The fourth-order valence-corrected chi connectivity index (χ4v) is 3.03. The van der Waals surface area contributed by atoms with Gasteiger partial charge in [0.1, 0.15) is 0 Å². The predicted octanol–water partition coefficient (Wildman–Crippen LogP) is 1.65. The number of hydrogen-bond donors (Lipinski definition) is 1. The molecule has 0 unspecified atom stereocenters. The van der Waals surface area contributed by atoms with Crippen LogP contribution >= 0.6 is 0 Å². The molecule has 0 bridgehead atoms. The van der Waals surface area contributed by atoms with Gasteiger partial charge < -0.3 is 15.4 Å². The van der Waals surface area contributed by atoms with Gasteiger partial charge in [-0.3, -0.25) is 4.90 Å². The van der Waals surface area contributed by atoms with Crippen LogP contribution in [0, 0.1) is 0 Å². The standard InChI is InChI=1S/C15H23N5O2/c1-2-3-10-22-14(21)20-9-8-19(11-15(20)5-6-15)12-4-7-17-18-13(12)16/h4,7H,2-3,5-6,8-11H2,1H3,(H2,16,18). The highest BCUT2D eigenvalue weighted by molar-refractivity contribution is 5.71. The minimum Gasteiger partial charge on any atom is -0.449 e.